The van der Waals surface area contributed by atoms with E-state index in [0.717, 1.165) is 20.3 Å². The number of hydrazone groups is 1. The summed E-state index contributed by atoms with van der Waals surface area (Å²) in [7, 11) is 1.54. The summed E-state index contributed by atoms with van der Waals surface area (Å²) >= 11 is 2.21. The van der Waals surface area contributed by atoms with Crippen molar-refractivity contribution in [3.8, 4) is 17.2 Å². The lowest BCUT2D eigenvalue weighted by Gasteiger charge is -2.14. The van der Waals surface area contributed by atoms with Gasteiger partial charge in [-0.25, -0.2) is 5.43 Å². The Labute approximate surface area is 201 Å². The first-order valence-electron chi connectivity index (χ1n) is 10.1. The van der Waals surface area contributed by atoms with Gasteiger partial charge in [-0.15, -0.1) is 0 Å². The van der Waals surface area contributed by atoms with Crippen LogP contribution >= 0.6 is 22.6 Å². The van der Waals surface area contributed by atoms with E-state index >= 15 is 0 Å². The molecule has 0 heterocycles. The van der Waals surface area contributed by atoms with E-state index in [0.29, 0.717) is 36.0 Å². The molecule has 1 amide bonds. The van der Waals surface area contributed by atoms with Crippen molar-refractivity contribution < 1.29 is 19.0 Å². The van der Waals surface area contributed by atoms with Gasteiger partial charge in [-0.1, -0.05) is 36.4 Å². The Morgan fingerprint density at radius 1 is 1.06 bits per heavy atom. The van der Waals surface area contributed by atoms with Crippen LogP contribution in [0.15, 0.2) is 65.8 Å². The van der Waals surface area contributed by atoms with E-state index in [1.807, 2.05) is 68.4 Å². The first kappa shape index (κ1) is 23.6. The fraction of sp³-hybridized carbons (Fsp3) is 0.200. The van der Waals surface area contributed by atoms with Crippen molar-refractivity contribution in [2.24, 2.45) is 5.10 Å². The van der Waals surface area contributed by atoms with Crippen LogP contribution in [0.2, 0.25) is 0 Å². The lowest BCUT2D eigenvalue weighted by molar-refractivity contribution is 0.0952. The Balaban J connectivity index is 1.73. The molecule has 0 bridgehead atoms. The fourth-order valence-electron chi connectivity index (χ4n) is 3.01. The summed E-state index contributed by atoms with van der Waals surface area (Å²) in [5.41, 5.74) is 5.83. The largest absolute Gasteiger partial charge is 0.496 e. The number of aryl methyl sites for hydroxylation is 1. The smallest absolute Gasteiger partial charge is 0.275 e. The number of rotatable bonds is 9. The number of carbonyl (C=O) groups excluding carboxylic acids is 1. The maximum atomic E-state index is 12.5. The minimum Gasteiger partial charge on any atom is -0.496 e. The summed E-state index contributed by atoms with van der Waals surface area (Å²) in [5.74, 6) is 1.47. The van der Waals surface area contributed by atoms with Gasteiger partial charge in [0.1, 0.15) is 12.4 Å². The number of carbonyl (C=O) groups is 1. The number of ether oxygens (including phenoxy) is 3. The van der Waals surface area contributed by atoms with Gasteiger partial charge in [-0.3, -0.25) is 4.79 Å². The Morgan fingerprint density at radius 3 is 2.56 bits per heavy atom. The zero-order valence-corrected chi connectivity index (χ0v) is 20.4. The van der Waals surface area contributed by atoms with Crippen molar-refractivity contribution in [2.45, 2.75) is 20.5 Å². The molecule has 0 aliphatic heterocycles. The maximum absolute atomic E-state index is 12.5. The number of benzene rings is 3. The molecule has 0 radical (unpaired) electrons. The minimum atomic E-state index is -0.347. The molecule has 3 rings (SSSR count). The normalized spacial score (nSPS) is 10.8. The average molecular weight is 544 g/mol. The summed E-state index contributed by atoms with van der Waals surface area (Å²) in [5, 5.41) is 4.10. The molecule has 0 aliphatic carbocycles. The number of methoxy groups -OCH3 is 1. The van der Waals surface area contributed by atoms with E-state index in [4.69, 9.17) is 14.2 Å². The highest BCUT2D eigenvalue weighted by Crippen LogP contribution is 2.34. The van der Waals surface area contributed by atoms with Gasteiger partial charge in [0, 0.05) is 0 Å². The molecule has 6 nitrogen and oxygen atoms in total. The van der Waals surface area contributed by atoms with Crippen LogP contribution < -0.4 is 19.6 Å². The van der Waals surface area contributed by atoms with Crippen LogP contribution in [0.1, 0.15) is 34.0 Å². The van der Waals surface area contributed by atoms with Crippen LogP contribution in [0.3, 0.4) is 0 Å². The van der Waals surface area contributed by atoms with E-state index in [1.54, 1.807) is 12.3 Å². The Kier molecular flexibility index (Phi) is 8.49. The second kappa shape index (κ2) is 11.5. The van der Waals surface area contributed by atoms with Crippen molar-refractivity contribution >= 4 is 34.7 Å². The van der Waals surface area contributed by atoms with Crippen molar-refractivity contribution in [1.29, 1.82) is 0 Å². The summed E-state index contributed by atoms with van der Waals surface area (Å²) in [6.07, 6.45) is 1.57. The molecule has 0 spiro atoms. The molecule has 3 aromatic rings. The van der Waals surface area contributed by atoms with Crippen molar-refractivity contribution in [2.75, 3.05) is 13.7 Å². The number of hydrogen-bond donors (Lipinski definition) is 1. The molecule has 0 saturated carbocycles. The highest BCUT2D eigenvalue weighted by Gasteiger charge is 2.13. The molecule has 0 atom stereocenters. The lowest BCUT2D eigenvalue weighted by Crippen LogP contribution is -2.18. The molecule has 0 unspecified atom stereocenters. The summed E-state index contributed by atoms with van der Waals surface area (Å²) in [6.45, 7) is 4.80. The van der Waals surface area contributed by atoms with Gasteiger partial charge in [0.15, 0.2) is 11.5 Å². The second-order valence-electron chi connectivity index (χ2n) is 6.94. The first-order chi connectivity index (χ1) is 15.5. The summed E-state index contributed by atoms with van der Waals surface area (Å²) < 4.78 is 18.0. The van der Waals surface area contributed by atoms with Gasteiger partial charge in [-0.05, 0) is 77.4 Å². The first-order valence-corrected chi connectivity index (χ1v) is 11.2. The third-order valence-electron chi connectivity index (χ3n) is 4.54. The Morgan fingerprint density at radius 2 is 1.84 bits per heavy atom. The monoisotopic (exact) mass is 544 g/mol. The van der Waals surface area contributed by atoms with Crippen molar-refractivity contribution in [3.05, 3.63) is 86.5 Å². The van der Waals surface area contributed by atoms with Crippen molar-refractivity contribution in [3.63, 3.8) is 0 Å². The quantitative estimate of drug-likeness (QED) is 0.224. The third-order valence-corrected chi connectivity index (χ3v) is 5.34. The van der Waals surface area contributed by atoms with Crippen LogP contribution in [-0.4, -0.2) is 25.8 Å². The van der Waals surface area contributed by atoms with Crippen LogP contribution in [0.25, 0.3) is 0 Å². The van der Waals surface area contributed by atoms with E-state index in [-0.39, 0.29) is 5.91 Å². The maximum Gasteiger partial charge on any atom is 0.275 e. The van der Waals surface area contributed by atoms with E-state index in [9.17, 15) is 4.79 Å². The zero-order chi connectivity index (χ0) is 22.9. The molecule has 32 heavy (non-hydrogen) atoms. The van der Waals surface area contributed by atoms with Crippen LogP contribution in [-0.2, 0) is 6.61 Å². The number of nitrogens with zero attached hydrogens (tertiary/aromatic N) is 1. The fourth-order valence-corrected chi connectivity index (χ4v) is 3.79. The molecule has 0 fully saturated rings. The zero-order valence-electron chi connectivity index (χ0n) is 18.2. The van der Waals surface area contributed by atoms with E-state index < -0.39 is 0 Å². The van der Waals surface area contributed by atoms with E-state index in [2.05, 4.69) is 33.1 Å². The predicted octanol–water partition coefficient (Wildman–Crippen LogP) is 5.35. The average Bonchev–Trinajstić information content (AvgIpc) is 2.79. The van der Waals surface area contributed by atoms with Gasteiger partial charge in [0.25, 0.3) is 5.91 Å². The summed E-state index contributed by atoms with van der Waals surface area (Å²) in [6, 6.07) is 19.1. The lowest BCUT2D eigenvalue weighted by atomic mass is 10.1. The minimum absolute atomic E-state index is 0.347. The molecule has 0 aliphatic rings. The predicted molar refractivity (Wildman–Crippen MR) is 134 cm³/mol. The molecule has 7 heteroatoms. The number of halogens is 1. The number of amides is 1. The highest BCUT2D eigenvalue weighted by atomic mass is 127. The Bertz CT molecular complexity index is 1100. The van der Waals surface area contributed by atoms with E-state index in [1.165, 1.54) is 7.11 Å². The van der Waals surface area contributed by atoms with Gasteiger partial charge in [0.2, 0.25) is 0 Å². The molecular formula is C25H25IN2O4. The van der Waals surface area contributed by atoms with Gasteiger partial charge < -0.3 is 14.2 Å². The second-order valence-corrected chi connectivity index (χ2v) is 8.10. The SMILES string of the molecule is CCOc1cc(/C=N\NC(=O)c2ccc(C)cc2OC)cc(I)c1OCc1ccccc1. The Hall–Kier alpha value is -3.07. The molecule has 0 saturated heterocycles. The van der Waals surface area contributed by atoms with Gasteiger partial charge >= 0.3 is 0 Å². The standard InChI is InChI=1S/C25H25IN2O4/c1-4-31-23-14-19(13-21(26)24(23)32-16-18-8-6-5-7-9-18)15-27-28-25(29)20-11-10-17(2)12-22(20)30-3/h5-15H,4,16H2,1-3H3,(H,28,29)/b27-15-. The molecule has 0 aromatic heterocycles. The van der Waals surface area contributed by atoms with Gasteiger partial charge in [0.05, 0.1) is 29.1 Å². The molecular weight excluding hydrogens is 519 g/mol. The van der Waals surface area contributed by atoms with Crippen LogP contribution in [0.5, 0.6) is 17.2 Å². The van der Waals surface area contributed by atoms with Crippen LogP contribution in [0.4, 0.5) is 0 Å². The topological polar surface area (TPSA) is 69.2 Å². The molecule has 3 aromatic carbocycles. The van der Waals surface area contributed by atoms with Gasteiger partial charge in [-0.2, -0.15) is 5.10 Å². The summed E-state index contributed by atoms with van der Waals surface area (Å²) in [4.78, 5) is 12.5. The molecule has 1 N–H and O–H groups in total. The highest BCUT2D eigenvalue weighted by molar-refractivity contribution is 14.1. The number of nitrogens with one attached hydrogen (secondary N) is 1. The third kappa shape index (κ3) is 6.23. The number of hydrogen-bond acceptors (Lipinski definition) is 5. The van der Waals surface area contributed by atoms with Crippen molar-refractivity contribution in [1.82, 2.24) is 5.43 Å². The molecule has 166 valence electrons. The van der Waals surface area contributed by atoms with Crippen LogP contribution in [0, 0.1) is 10.5 Å².